The highest BCUT2D eigenvalue weighted by atomic mass is 16.8. The number of allylic oxidation sites excluding steroid dienone is 1. The number of Topliss-reactive ketones (excluding diaryl/α,β-unsaturated/α-hetero) is 1. The van der Waals surface area contributed by atoms with Crippen molar-refractivity contribution in [1.82, 2.24) is 16.0 Å². The third-order valence-corrected chi connectivity index (χ3v) is 25.6. The Bertz CT molecular complexity index is 3290. The van der Waals surface area contributed by atoms with Gasteiger partial charge in [-0.15, -0.1) is 0 Å². The summed E-state index contributed by atoms with van der Waals surface area (Å²) >= 11 is 0. The second-order valence-corrected chi connectivity index (χ2v) is 36.4. The zero-order valence-electron chi connectivity index (χ0n) is 77.3. The second kappa shape index (κ2) is 60.5. The molecule has 42 nitrogen and oxygen atoms in total. The molecule has 0 aliphatic carbocycles. The Morgan fingerprint density at radius 2 is 0.780 bits per heavy atom. The number of aliphatic hydroxyl groups excluding tert-OH is 19. The maximum absolute atomic E-state index is 14.1. The standard InChI is InChI=1S/C90H159N3O39/c1-6-8-10-12-14-16-18-20-21-22-23-24-25-26-28-30-32-34-36-38-40-65(108)93-55(56(103)39-37-35-33-31-29-27-19-17-15-13-11-9-7-2)50-121-84-73(114)72(113)77(63(48-98)124-84)127-86-75(116)82(132-90(88(119)120)43-58(105)67(92-53(5)102)80(130-90)69(110)60(107)45-95)78(64(49-99)125-86)128-83-54(41-51(3)100)76(70(111)61(46-96)122-83)126-85-74(115)81(71(112)62(47-97)123-85)131-89(87(117)118)42-57(104)66(91-52(4)101)79(129-89)68(109)59(106)44-94/h37,39,54-64,66-86,94-99,103-107,109-116H,6-36,38,40-50H2,1-5H3,(H,91,101)(H,92,102)(H,93,108)(H,117,118)(H,119,120). The first kappa shape index (κ1) is 116. The average Bonchev–Trinajstić information content (AvgIpc) is 0.750. The van der Waals surface area contributed by atoms with Gasteiger partial charge in [-0.2, -0.15) is 0 Å². The molecule has 6 heterocycles. The molecule has 0 aromatic rings. The molecule has 3 amide bonds. The highest BCUT2D eigenvalue weighted by Crippen LogP contribution is 2.44. The van der Waals surface area contributed by atoms with Gasteiger partial charge >= 0.3 is 11.9 Å². The van der Waals surface area contributed by atoms with Gasteiger partial charge in [-0.05, 0) is 26.2 Å². The van der Waals surface area contributed by atoms with Crippen LogP contribution in [0.1, 0.15) is 266 Å². The number of carbonyl (C=O) groups excluding carboxylic acids is 4. The topological polar surface area (TPSA) is 674 Å². The molecule has 6 fully saturated rings. The lowest BCUT2D eigenvalue weighted by molar-refractivity contribution is -0.408. The van der Waals surface area contributed by atoms with Crippen molar-refractivity contribution in [2.75, 3.05) is 46.2 Å². The zero-order chi connectivity index (χ0) is 97.4. The number of aliphatic hydroxyl groups is 19. The van der Waals surface area contributed by atoms with Crippen molar-refractivity contribution in [2.24, 2.45) is 5.92 Å². The number of carboxylic acids is 2. The summed E-state index contributed by atoms with van der Waals surface area (Å²) < 4.78 is 72.8. The van der Waals surface area contributed by atoms with Gasteiger partial charge in [0.2, 0.25) is 17.7 Å². The van der Waals surface area contributed by atoms with Crippen molar-refractivity contribution in [2.45, 2.75) is 467 Å². The van der Waals surface area contributed by atoms with Crippen LogP contribution in [0.4, 0.5) is 0 Å². The van der Waals surface area contributed by atoms with Crippen molar-refractivity contribution < 1.29 is 193 Å². The van der Waals surface area contributed by atoms with E-state index in [1.165, 1.54) is 134 Å². The van der Waals surface area contributed by atoms with E-state index in [0.29, 0.717) is 12.8 Å². The molecule has 6 aliphatic heterocycles. The summed E-state index contributed by atoms with van der Waals surface area (Å²) in [6.07, 6.45) is -25.5. The summed E-state index contributed by atoms with van der Waals surface area (Å²) in [6, 6.07) is -4.77. The van der Waals surface area contributed by atoms with Gasteiger partial charge in [-0.3, -0.25) is 14.4 Å². The minimum atomic E-state index is -3.48. The Hall–Kier alpha value is -4.48. The number of ketones is 1. The minimum Gasteiger partial charge on any atom is -0.477 e. The monoisotopic (exact) mass is 1910 g/mol. The van der Waals surface area contributed by atoms with Crippen molar-refractivity contribution in [1.29, 1.82) is 0 Å². The van der Waals surface area contributed by atoms with Crippen LogP contribution in [0.5, 0.6) is 0 Å². The number of carbonyl (C=O) groups is 6. The molecule has 6 aliphatic rings. The van der Waals surface area contributed by atoms with Crippen molar-refractivity contribution in [3.63, 3.8) is 0 Å². The van der Waals surface area contributed by atoms with Crippen LogP contribution in [0.25, 0.3) is 0 Å². The normalized spacial score (nSPS) is 34.3. The summed E-state index contributed by atoms with van der Waals surface area (Å²) in [4.78, 5) is 79.9. The molecule has 0 bridgehead atoms. The highest BCUT2D eigenvalue weighted by Gasteiger charge is 2.64. The summed E-state index contributed by atoms with van der Waals surface area (Å²) in [6.45, 7) is -0.593. The largest absolute Gasteiger partial charge is 0.477 e. The van der Waals surface area contributed by atoms with E-state index >= 15 is 0 Å². The molecular formula is C90H159N3O39. The van der Waals surface area contributed by atoms with E-state index in [1.54, 1.807) is 6.08 Å². The smallest absolute Gasteiger partial charge is 0.364 e. The van der Waals surface area contributed by atoms with Crippen LogP contribution in [-0.4, -0.2) is 390 Å². The maximum Gasteiger partial charge on any atom is 0.364 e. The number of nitrogens with one attached hydrogen (secondary N) is 3. The highest BCUT2D eigenvalue weighted by molar-refractivity contribution is 5.78. The predicted octanol–water partition coefficient (Wildman–Crippen LogP) is -0.828. The average molecular weight is 1910 g/mol. The number of unbranched alkanes of at least 4 members (excludes halogenated alkanes) is 30. The quantitative estimate of drug-likeness (QED) is 0.0261. The van der Waals surface area contributed by atoms with E-state index < -0.39 is 308 Å². The van der Waals surface area contributed by atoms with Gasteiger partial charge in [0.1, 0.15) is 128 Å². The van der Waals surface area contributed by atoms with E-state index in [2.05, 4.69) is 29.8 Å². The van der Waals surface area contributed by atoms with E-state index in [1.807, 2.05) is 0 Å². The SMILES string of the molecule is CCCCCCCCCCCCCC=CC(O)C(COC1OC(CO)C(OC2OC(CO)C(OC3OC(CO)C(O)C(OC4OC(CO)C(O)C(OC5(C(=O)O)CC(O)C(NC(C)=O)C(C(O)C(O)CO)O5)C4O)C3CC(C)=O)C(OC3(C(=O)O)CC(O)C(NC(C)=O)C(C(O)C(O)CO)O3)C2O)C(O)C1O)NC(=O)CCCCCCCCCCCCCCCCCCCCCC. The van der Waals surface area contributed by atoms with E-state index in [-0.39, 0.29) is 6.42 Å². The molecule has 0 aromatic carbocycles. The molecule has 768 valence electrons. The number of hydrogen-bond donors (Lipinski definition) is 24. The Kier molecular flexibility index (Phi) is 53.3. The second-order valence-electron chi connectivity index (χ2n) is 36.4. The predicted molar refractivity (Wildman–Crippen MR) is 464 cm³/mol. The molecule has 0 aromatic heterocycles. The van der Waals surface area contributed by atoms with Gasteiger partial charge < -0.3 is 185 Å². The number of amides is 3. The molecule has 34 unspecified atom stereocenters. The lowest BCUT2D eigenvalue weighted by Crippen LogP contribution is -2.71. The molecule has 24 N–H and O–H groups in total. The molecule has 132 heavy (non-hydrogen) atoms. The fourth-order valence-corrected chi connectivity index (χ4v) is 18.0. The van der Waals surface area contributed by atoms with E-state index in [4.69, 9.17) is 56.8 Å². The van der Waals surface area contributed by atoms with Gasteiger partial charge in [0, 0.05) is 45.4 Å². The molecule has 0 spiro atoms. The van der Waals surface area contributed by atoms with Crippen LogP contribution in [-0.2, 0) is 85.6 Å². The van der Waals surface area contributed by atoms with Gasteiger partial charge in [0.05, 0.1) is 88.8 Å². The summed E-state index contributed by atoms with van der Waals surface area (Å²) in [5, 5.41) is 245. The zero-order valence-corrected chi connectivity index (χ0v) is 77.3. The van der Waals surface area contributed by atoms with E-state index in [9.17, 15) is 136 Å². The molecule has 6 saturated heterocycles. The summed E-state index contributed by atoms with van der Waals surface area (Å²) in [7, 11) is 0. The Labute approximate surface area is 772 Å². The molecular weight excluding hydrogens is 1750 g/mol. The van der Waals surface area contributed by atoms with E-state index in [0.717, 1.165) is 85.0 Å². The Balaban J connectivity index is 1.26. The lowest BCUT2D eigenvalue weighted by Gasteiger charge is -2.53. The Morgan fingerprint density at radius 1 is 0.417 bits per heavy atom. The van der Waals surface area contributed by atoms with Crippen LogP contribution in [0, 0.1) is 5.92 Å². The Morgan fingerprint density at radius 3 is 1.19 bits per heavy atom. The van der Waals surface area contributed by atoms with Crippen LogP contribution < -0.4 is 16.0 Å². The number of rotatable bonds is 65. The van der Waals surface area contributed by atoms with Crippen LogP contribution in [0.15, 0.2) is 12.2 Å². The van der Waals surface area contributed by atoms with Crippen LogP contribution in [0.3, 0.4) is 0 Å². The molecule has 42 heteroatoms. The molecule has 0 saturated carbocycles. The van der Waals surface area contributed by atoms with Gasteiger partial charge in [-0.1, -0.05) is 212 Å². The number of hydrogen-bond acceptors (Lipinski definition) is 37. The third kappa shape index (κ3) is 35.1. The van der Waals surface area contributed by atoms with Crippen LogP contribution >= 0.6 is 0 Å². The van der Waals surface area contributed by atoms with Crippen LogP contribution in [0.2, 0.25) is 0 Å². The first-order chi connectivity index (χ1) is 63.1. The fourth-order valence-electron chi connectivity index (χ4n) is 18.0. The number of aliphatic carboxylic acids is 2. The molecule has 0 radical (unpaired) electrons. The van der Waals surface area contributed by atoms with Gasteiger partial charge in [0.25, 0.3) is 11.6 Å². The lowest BCUT2D eigenvalue weighted by atomic mass is 9.86. The van der Waals surface area contributed by atoms with Crippen molar-refractivity contribution >= 4 is 35.4 Å². The maximum atomic E-state index is 14.1. The summed E-state index contributed by atoms with van der Waals surface area (Å²) in [5.41, 5.74) is 0. The minimum absolute atomic E-state index is 0.0987. The number of ether oxygens (including phenoxy) is 12. The molecule has 34 atom stereocenters. The van der Waals surface area contributed by atoms with Crippen molar-refractivity contribution in [3.05, 3.63) is 12.2 Å². The number of carboxylic acid groups (broad SMARTS) is 2. The first-order valence-electron chi connectivity index (χ1n) is 47.9. The van der Waals surface area contributed by atoms with Crippen molar-refractivity contribution in [3.8, 4) is 0 Å². The third-order valence-electron chi connectivity index (χ3n) is 25.6. The first-order valence-corrected chi connectivity index (χ1v) is 47.9. The van der Waals surface area contributed by atoms with Gasteiger partial charge in [0.15, 0.2) is 25.2 Å². The van der Waals surface area contributed by atoms with Gasteiger partial charge in [-0.25, -0.2) is 9.59 Å². The molecule has 6 rings (SSSR count). The summed E-state index contributed by atoms with van der Waals surface area (Å²) in [5.74, 6) is -16.1. The fraction of sp³-hybridized carbons (Fsp3) is 0.911.